The number of aromatic nitrogens is 2. The number of amidine groups is 1. The molecular weight excluding hydrogens is 152 g/mol. The molecule has 0 aromatic carbocycles. The van der Waals surface area contributed by atoms with Crippen LogP contribution >= 0.6 is 0 Å². The van der Waals surface area contributed by atoms with E-state index in [4.69, 9.17) is 11.1 Å². The van der Waals surface area contributed by atoms with Crippen LogP contribution in [-0.4, -0.2) is 15.4 Å². The topological polar surface area (TPSA) is 67.7 Å². The molecule has 0 unspecified atom stereocenters. The fourth-order valence-corrected chi connectivity index (χ4v) is 1.24. The first kappa shape index (κ1) is 7.34. The van der Waals surface area contributed by atoms with E-state index in [9.17, 15) is 0 Å². The fraction of sp³-hybridized carbons (Fsp3) is 0.500. The van der Waals surface area contributed by atoms with Gasteiger partial charge in [0.1, 0.15) is 0 Å². The number of imidazole rings is 1. The van der Waals surface area contributed by atoms with Gasteiger partial charge in [0.25, 0.3) is 0 Å². The van der Waals surface area contributed by atoms with E-state index in [0.717, 1.165) is 5.69 Å². The third kappa shape index (κ3) is 1.47. The summed E-state index contributed by atoms with van der Waals surface area (Å²) in [7, 11) is 0. The van der Waals surface area contributed by atoms with Gasteiger partial charge in [-0.2, -0.15) is 0 Å². The Morgan fingerprint density at radius 2 is 2.50 bits per heavy atom. The normalized spacial score (nSPS) is 16.3. The third-order valence-electron chi connectivity index (χ3n) is 2.00. The van der Waals surface area contributed by atoms with Gasteiger partial charge in [0, 0.05) is 18.7 Å². The molecule has 4 heteroatoms. The van der Waals surface area contributed by atoms with Crippen LogP contribution in [0.25, 0.3) is 0 Å². The molecule has 0 saturated heterocycles. The molecule has 1 saturated carbocycles. The number of hydrogen-bond donors (Lipinski definition) is 2. The molecule has 2 rings (SSSR count). The van der Waals surface area contributed by atoms with Crippen molar-refractivity contribution in [3.63, 3.8) is 0 Å². The summed E-state index contributed by atoms with van der Waals surface area (Å²) in [6.07, 6.45) is 6.81. The van der Waals surface area contributed by atoms with Crippen molar-refractivity contribution in [2.24, 2.45) is 5.73 Å². The number of hydrogen-bond acceptors (Lipinski definition) is 2. The molecule has 0 spiro atoms. The molecule has 0 amide bonds. The maximum Gasteiger partial charge on any atom is 0.0966 e. The first-order chi connectivity index (χ1) is 5.75. The van der Waals surface area contributed by atoms with Crippen LogP contribution in [0.2, 0.25) is 0 Å². The Bertz CT molecular complexity index is 298. The molecule has 1 aromatic heterocycles. The van der Waals surface area contributed by atoms with E-state index < -0.39 is 0 Å². The highest BCUT2D eigenvalue weighted by molar-refractivity contribution is 5.78. The van der Waals surface area contributed by atoms with Crippen LogP contribution in [0.5, 0.6) is 0 Å². The lowest BCUT2D eigenvalue weighted by molar-refractivity contribution is 0.740. The van der Waals surface area contributed by atoms with E-state index in [2.05, 4.69) is 9.55 Å². The summed E-state index contributed by atoms with van der Waals surface area (Å²) in [4.78, 5) is 4.16. The van der Waals surface area contributed by atoms with Gasteiger partial charge < -0.3 is 10.3 Å². The van der Waals surface area contributed by atoms with Crippen LogP contribution in [0, 0.1) is 5.41 Å². The highest BCUT2D eigenvalue weighted by atomic mass is 15.1. The SMILES string of the molecule is N=C(N)Cc1cn(C2CC2)cn1. The summed E-state index contributed by atoms with van der Waals surface area (Å²) < 4.78 is 2.11. The number of rotatable bonds is 3. The lowest BCUT2D eigenvalue weighted by atomic mass is 10.3. The fourth-order valence-electron chi connectivity index (χ4n) is 1.24. The molecule has 4 nitrogen and oxygen atoms in total. The van der Waals surface area contributed by atoms with Gasteiger partial charge in [0.2, 0.25) is 0 Å². The standard InChI is InChI=1S/C8H12N4/c9-8(10)3-6-4-12(5-11-6)7-1-2-7/h4-5,7H,1-3H2,(H3,9,10). The summed E-state index contributed by atoms with van der Waals surface area (Å²) in [6, 6.07) is 0.665. The van der Waals surface area contributed by atoms with Gasteiger partial charge in [-0.3, -0.25) is 5.41 Å². The summed E-state index contributed by atoms with van der Waals surface area (Å²) in [5, 5.41) is 7.09. The van der Waals surface area contributed by atoms with E-state index in [-0.39, 0.29) is 5.84 Å². The average molecular weight is 164 g/mol. The molecule has 12 heavy (non-hydrogen) atoms. The molecule has 0 radical (unpaired) electrons. The second-order valence-electron chi connectivity index (χ2n) is 3.25. The van der Waals surface area contributed by atoms with Gasteiger partial charge in [0.05, 0.1) is 17.9 Å². The van der Waals surface area contributed by atoms with Gasteiger partial charge >= 0.3 is 0 Å². The molecule has 1 fully saturated rings. The van der Waals surface area contributed by atoms with Crippen molar-refractivity contribution in [1.29, 1.82) is 5.41 Å². The summed E-state index contributed by atoms with van der Waals surface area (Å²) in [5.41, 5.74) is 6.16. The molecule has 1 heterocycles. The van der Waals surface area contributed by atoms with Crippen molar-refractivity contribution in [3.8, 4) is 0 Å². The molecule has 3 N–H and O–H groups in total. The minimum atomic E-state index is 0.177. The van der Waals surface area contributed by atoms with Crippen LogP contribution in [0.3, 0.4) is 0 Å². The Morgan fingerprint density at radius 1 is 1.75 bits per heavy atom. The Balaban J connectivity index is 2.07. The van der Waals surface area contributed by atoms with Crippen molar-refractivity contribution in [1.82, 2.24) is 9.55 Å². The molecule has 1 aliphatic rings. The summed E-state index contributed by atoms with van der Waals surface area (Å²) in [6.45, 7) is 0. The zero-order valence-corrected chi connectivity index (χ0v) is 6.83. The first-order valence-electron chi connectivity index (χ1n) is 4.11. The lowest BCUT2D eigenvalue weighted by Gasteiger charge is -1.94. The van der Waals surface area contributed by atoms with Crippen molar-refractivity contribution >= 4 is 5.84 Å². The zero-order valence-electron chi connectivity index (χ0n) is 6.83. The minimum Gasteiger partial charge on any atom is -0.387 e. The average Bonchev–Trinajstić information content (AvgIpc) is 2.73. The van der Waals surface area contributed by atoms with Crippen LogP contribution < -0.4 is 5.73 Å². The zero-order chi connectivity index (χ0) is 8.55. The number of nitrogens with zero attached hydrogens (tertiary/aromatic N) is 2. The third-order valence-corrected chi connectivity index (χ3v) is 2.00. The molecule has 0 bridgehead atoms. The van der Waals surface area contributed by atoms with E-state index >= 15 is 0 Å². The Labute approximate surface area is 70.9 Å². The van der Waals surface area contributed by atoms with Crippen molar-refractivity contribution < 1.29 is 0 Å². The van der Waals surface area contributed by atoms with Gasteiger partial charge in [-0.25, -0.2) is 4.98 Å². The predicted molar refractivity (Wildman–Crippen MR) is 46.1 cm³/mol. The van der Waals surface area contributed by atoms with Gasteiger partial charge in [-0.15, -0.1) is 0 Å². The van der Waals surface area contributed by atoms with Crippen molar-refractivity contribution in [2.45, 2.75) is 25.3 Å². The smallest absolute Gasteiger partial charge is 0.0966 e. The molecule has 0 aliphatic heterocycles. The molecular formula is C8H12N4. The monoisotopic (exact) mass is 164 g/mol. The van der Waals surface area contributed by atoms with Crippen molar-refractivity contribution in [2.75, 3.05) is 0 Å². The quantitative estimate of drug-likeness (QED) is 0.510. The highest BCUT2D eigenvalue weighted by Gasteiger charge is 2.23. The summed E-state index contributed by atoms with van der Waals surface area (Å²) in [5.74, 6) is 0.177. The molecule has 64 valence electrons. The molecule has 1 aromatic rings. The van der Waals surface area contributed by atoms with Gasteiger partial charge in [-0.05, 0) is 12.8 Å². The summed E-state index contributed by atoms with van der Waals surface area (Å²) >= 11 is 0. The highest BCUT2D eigenvalue weighted by Crippen LogP contribution is 2.34. The minimum absolute atomic E-state index is 0.177. The Morgan fingerprint density at radius 3 is 3.08 bits per heavy atom. The van der Waals surface area contributed by atoms with Crippen LogP contribution in [0.1, 0.15) is 24.6 Å². The maximum absolute atomic E-state index is 7.09. The van der Waals surface area contributed by atoms with E-state index in [1.807, 2.05) is 12.5 Å². The lowest BCUT2D eigenvalue weighted by Crippen LogP contribution is -2.12. The van der Waals surface area contributed by atoms with Gasteiger partial charge in [0.15, 0.2) is 0 Å². The van der Waals surface area contributed by atoms with E-state index in [1.165, 1.54) is 12.8 Å². The van der Waals surface area contributed by atoms with Gasteiger partial charge in [-0.1, -0.05) is 0 Å². The number of nitrogens with two attached hydrogens (primary N) is 1. The van der Waals surface area contributed by atoms with Crippen LogP contribution in [-0.2, 0) is 6.42 Å². The Hall–Kier alpha value is -1.32. The second-order valence-corrected chi connectivity index (χ2v) is 3.25. The predicted octanol–water partition coefficient (Wildman–Crippen LogP) is 0.696. The molecule has 1 aliphatic carbocycles. The van der Waals surface area contributed by atoms with Crippen LogP contribution in [0.4, 0.5) is 0 Å². The van der Waals surface area contributed by atoms with E-state index in [0.29, 0.717) is 12.5 Å². The van der Waals surface area contributed by atoms with E-state index in [1.54, 1.807) is 0 Å². The maximum atomic E-state index is 7.09. The second kappa shape index (κ2) is 2.62. The molecule has 0 atom stereocenters. The van der Waals surface area contributed by atoms with Crippen molar-refractivity contribution in [3.05, 3.63) is 18.2 Å². The first-order valence-corrected chi connectivity index (χ1v) is 4.11. The van der Waals surface area contributed by atoms with Crippen LogP contribution in [0.15, 0.2) is 12.5 Å². The Kier molecular flexibility index (Phi) is 1.60. The largest absolute Gasteiger partial charge is 0.387 e. The number of nitrogens with one attached hydrogen (secondary N) is 1.